The normalized spacial score (nSPS) is 13.1. The SMILES string of the molecule is COCC[C@@H](C)SCc1nnc(C)o1. The molecule has 0 aliphatic carbocycles. The van der Waals surface area contributed by atoms with E-state index >= 15 is 0 Å². The van der Waals surface area contributed by atoms with Crippen LogP contribution in [0.4, 0.5) is 0 Å². The third-order valence-corrected chi connectivity index (χ3v) is 3.01. The number of hydrogen-bond acceptors (Lipinski definition) is 5. The van der Waals surface area contributed by atoms with Gasteiger partial charge in [0, 0.05) is 25.9 Å². The van der Waals surface area contributed by atoms with Gasteiger partial charge in [0.15, 0.2) is 0 Å². The summed E-state index contributed by atoms with van der Waals surface area (Å²) in [5.74, 6) is 2.12. The molecule has 0 unspecified atom stereocenters. The Labute approximate surface area is 88.4 Å². The Kier molecular flexibility index (Phi) is 4.97. The van der Waals surface area contributed by atoms with Crippen LogP contribution in [0.3, 0.4) is 0 Å². The predicted molar refractivity (Wildman–Crippen MR) is 56.3 cm³/mol. The summed E-state index contributed by atoms with van der Waals surface area (Å²) >= 11 is 1.81. The largest absolute Gasteiger partial charge is 0.425 e. The highest BCUT2D eigenvalue weighted by Gasteiger charge is 2.06. The van der Waals surface area contributed by atoms with Crippen LogP contribution in [0.1, 0.15) is 25.1 Å². The molecule has 0 aliphatic rings. The van der Waals surface area contributed by atoms with Gasteiger partial charge in [0.2, 0.25) is 11.8 Å². The van der Waals surface area contributed by atoms with Crippen LogP contribution in [-0.2, 0) is 10.5 Å². The minimum absolute atomic E-state index is 0.558. The summed E-state index contributed by atoms with van der Waals surface area (Å²) < 4.78 is 10.3. The second kappa shape index (κ2) is 6.03. The molecule has 0 saturated carbocycles. The summed E-state index contributed by atoms with van der Waals surface area (Å²) in [6.07, 6.45) is 1.05. The maximum absolute atomic E-state index is 5.26. The van der Waals surface area contributed by atoms with Gasteiger partial charge in [0.1, 0.15) is 0 Å². The Hall–Kier alpha value is -0.550. The molecule has 1 heterocycles. The van der Waals surface area contributed by atoms with E-state index in [0.717, 1.165) is 18.8 Å². The van der Waals surface area contributed by atoms with Crippen molar-refractivity contribution in [1.82, 2.24) is 10.2 Å². The highest BCUT2D eigenvalue weighted by atomic mass is 32.2. The van der Waals surface area contributed by atoms with Crippen LogP contribution in [-0.4, -0.2) is 29.2 Å². The van der Waals surface area contributed by atoms with Gasteiger partial charge < -0.3 is 9.15 Å². The minimum Gasteiger partial charge on any atom is -0.425 e. The molecule has 14 heavy (non-hydrogen) atoms. The van der Waals surface area contributed by atoms with E-state index < -0.39 is 0 Å². The lowest BCUT2D eigenvalue weighted by Crippen LogP contribution is -2.01. The quantitative estimate of drug-likeness (QED) is 0.728. The van der Waals surface area contributed by atoms with Gasteiger partial charge in [-0.25, -0.2) is 0 Å². The van der Waals surface area contributed by atoms with Crippen LogP contribution in [0.25, 0.3) is 0 Å². The van der Waals surface area contributed by atoms with E-state index in [-0.39, 0.29) is 0 Å². The lowest BCUT2D eigenvalue weighted by molar-refractivity contribution is 0.195. The van der Waals surface area contributed by atoms with Gasteiger partial charge >= 0.3 is 0 Å². The molecule has 0 aliphatic heterocycles. The van der Waals surface area contributed by atoms with E-state index in [1.807, 2.05) is 0 Å². The van der Waals surface area contributed by atoms with Crippen molar-refractivity contribution in [3.63, 3.8) is 0 Å². The summed E-state index contributed by atoms with van der Waals surface area (Å²) in [6, 6.07) is 0. The summed E-state index contributed by atoms with van der Waals surface area (Å²) in [7, 11) is 1.72. The van der Waals surface area contributed by atoms with E-state index in [1.165, 1.54) is 0 Å². The number of thioether (sulfide) groups is 1. The van der Waals surface area contributed by atoms with E-state index in [4.69, 9.17) is 9.15 Å². The van der Waals surface area contributed by atoms with E-state index in [0.29, 0.717) is 17.0 Å². The van der Waals surface area contributed by atoms with Crippen molar-refractivity contribution < 1.29 is 9.15 Å². The average molecular weight is 216 g/mol. The fourth-order valence-corrected chi connectivity index (χ4v) is 1.78. The zero-order valence-electron chi connectivity index (χ0n) is 8.82. The Bertz CT molecular complexity index is 265. The van der Waals surface area contributed by atoms with Crippen LogP contribution in [0.2, 0.25) is 0 Å². The third-order valence-electron chi connectivity index (χ3n) is 1.79. The predicted octanol–water partition coefficient (Wildman–Crippen LogP) is 2.04. The highest BCUT2D eigenvalue weighted by Crippen LogP contribution is 2.18. The molecule has 0 amide bonds. The maximum atomic E-state index is 5.26. The van der Waals surface area contributed by atoms with Gasteiger partial charge in [0.05, 0.1) is 5.75 Å². The molecule has 0 fully saturated rings. The summed E-state index contributed by atoms with van der Waals surface area (Å²) in [5.41, 5.74) is 0. The maximum Gasteiger partial charge on any atom is 0.226 e. The monoisotopic (exact) mass is 216 g/mol. The van der Waals surface area contributed by atoms with E-state index in [1.54, 1.807) is 25.8 Å². The standard InChI is InChI=1S/C9H16N2O2S/c1-7(4-5-12-3)14-6-9-11-10-8(2)13-9/h7H,4-6H2,1-3H3/t7-/m1/s1. The van der Waals surface area contributed by atoms with Gasteiger partial charge in [0.25, 0.3) is 0 Å². The van der Waals surface area contributed by atoms with Crippen LogP contribution >= 0.6 is 11.8 Å². The van der Waals surface area contributed by atoms with Gasteiger partial charge in [-0.1, -0.05) is 6.92 Å². The number of aromatic nitrogens is 2. The van der Waals surface area contributed by atoms with Gasteiger partial charge in [-0.15, -0.1) is 22.0 Å². The second-order valence-electron chi connectivity index (χ2n) is 3.12. The van der Waals surface area contributed by atoms with Crippen molar-refractivity contribution in [3.05, 3.63) is 11.8 Å². The molecule has 0 spiro atoms. The van der Waals surface area contributed by atoms with Crippen molar-refractivity contribution in [1.29, 1.82) is 0 Å². The average Bonchev–Trinajstić information content (AvgIpc) is 2.58. The lowest BCUT2D eigenvalue weighted by Gasteiger charge is -2.07. The number of hydrogen-bond donors (Lipinski definition) is 0. The molecule has 1 atom stereocenters. The van der Waals surface area contributed by atoms with Crippen LogP contribution in [0, 0.1) is 6.92 Å². The van der Waals surface area contributed by atoms with Crippen molar-refractivity contribution >= 4 is 11.8 Å². The van der Waals surface area contributed by atoms with Crippen molar-refractivity contribution in [2.45, 2.75) is 31.3 Å². The molecule has 5 heteroatoms. The Morgan fingerprint density at radius 3 is 2.86 bits per heavy atom. The van der Waals surface area contributed by atoms with E-state index in [9.17, 15) is 0 Å². The zero-order valence-corrected chi connectivity index (χ0v) is 9.63. The van der Waals surface area contributed by atoms with Crippen LogP contribution in [0.15, 0.2) is 4.42 Å². The highest BCUT2D eigenvalue weighted by molar-refractivity contribution is 7.99. The Balaban J connectivity index is 2.20. The number of nitrogens with zero attached hydrogens (tertiary/aromatic N) is 2. The first-order chi connectivity index (χ1) is 6.72. The molecule has 1 rings (SSSR count). The first kappa shape index (κ1) is 11.5. The van der Waals surface area contributed by atoms with Gasteiger partial charge in [-0.2, -0.15) is 0 Å². The molecule has 1 aromatic rings. The minimum atomic E-state index is 0.558. The lowest BCUT2D eigenvalue weighted by atomic mass is 10.3. The fraction of sp³-hybridized carbons (Fsp3) is 0.778. The summed E-state index contributed by atoms with van der Waals surface area (Å²) in [4.78, 5) is 0. The Morgan fingerprint density at radius 2 is 2.29 bits per heavy atom. The molecule has 0 N–H and O–H groups in total. The molecule has 4 nitrogen and oxygen atoms in total. The van der Waals surface area contributed by atoms with Crippen molar-refractivity contribution in [2.75, 3.05) is 13.7 Å². The third kappa shape index (κ3) is 4.11. The first-order valence-corrected chi connectivity index (χ1v) is 5.66. The van der Waals surface area contributed by atoms with Crippen molar-refractivity contribution in [3.8, 4) is 0 Å². The number of methoxy groups -OCH3 is 1. The fourth-order valence-electron chi connectivity index (χ4n) is 0.977. The molecule has 0 saturated heterocycles. The van der Waals surface area contributed by atoms with Crippen LogP contribution in [0.5, 0.6) is 0 Å². The first-order valence-electron chi connectivity index (χ1n) is 4.62. The molecule has 0 radical (unpaired) electrons. The van der Waals surface area contributed by atoms with Gasteiger partial charge in [-0.05, 0) is 6.42 Å². The van der Waals surface area contributed by atoms with Crippen molar-refractivity contribution in [2.24, 2.45) is 0 Å². The molecule has 0 bridgehead atoms. The Morgan fingerprint density at radius 1 is 1.50 bits per heavy atom. The molecule has 0 aromatic carbocycles. The van der Waals surface area contributed by atoms with E-state index in [2.05, 4.69) is 17.1 Å². The molecule has 1 aromatic heterocycles. The zero-order chi connectivity index (χ0) is 10.4. The summed E-state index contributed by atoms with van der Waals surface area (Å²) in [5, 5.41) is 8.26. The molecular formula is C9H16N2O2S. The topological polar surface area (TPSA) is 48.2 Å². The van der Waals surface area contributed by atoms with Gasteiger partial charge in [-0.3, -0.25) is 0 Å². The molecular weight excluding hydrogens is 200 g/mol. The number of ether oxygens (including phenoxy) is 1. The number of aryl methyl sites for hydroxylation is 1. The van der Waals surface area contributed by atoms with Crippen LogP contribution < -0.4 is 0 Å². The molecule has 80 valence electrons. The smallest absolute Gasteiger partial charge is 0.226 e. The number of rotatable bonds is 6. The second-order valence-corrected chi connectivity index (χ2v) is 4.54. The summed E-state index contributed by atoms with van der Waals surface area (Å²) in [6.45, 7) is 4.78.